The van der Waals surface area contributed by atoms with Crippen molar-refractivity contribution in [1.82, 2.24) is 9.97 Å². The largest absolute Gasteiger partial charge is 0.484 e. The van der Waals surface area contributed by atoms with Gasteiger partial charge in [0.15, 0.2) is 12.4 Å². The van der Waals surface area contributed by atoms with E-state index in [0.717, 1.165) is 31.6 Å². The molecule has 0 atom stereocenters. The smallest absolute Gasteiger partial charge is 0.255 e. The fourth-order valence-corrected chi connectivity index (χ4v) is 3.13. The van der Waals surface area contributed by atoms with Gasteiger partial charge in [0.1, 0.15) is 11.6 Å². The van der Waals surface area contributed by atoms with Crippen LogP contribution in [-0.2, 0) is 20.7 Å². The number of allylic oxidation sites excluding steroid dienone is 1. The molecule has 31 heavy (non-hydrogen) atoms. The van der Waals surface area contributed by atoms with Gasteiger partial charge in [-0.25, -0.2) is 4.98 Å². The van der Waals surface area contributed by atoms with E-state index in [4.69, 9.17) is 15.2 Å². The Hall–Kier alpha value is -3.46. The summed E-state index contributed by atoms with van der Waals surface area (Å²) in [6.45, 7) is 6.64. The summed E-state index contributed by atoms with van der Waals surface area (Å²) in [7, 11) is 0. The van der Waals surface area contributed by atoms with E-state index in [9.17, 15) is 9.59 Å². The van der Waals surface area contributed by atoms with Crippen molar-refractivity contribution in [2.45, 2.75) is 32.2 Å². The zero-order valence-corrected chi connectivity index (χ0v) is 17.5. The lowest BCUT2D eigenvalue weighted by atomic mass is 10.1. The summed E-state index contributed by atoms with van der Waals surface area (Å²) in [6.07, 6.45) is 4.94. The number of benzene rings is 1. The van der Waals surface area contributed by atoms with Crippen molar-refractivity contribution in [3.63, 3.8) is 0 Å². The first-order valence-corrected chi connectivity index (χ1v) is 10.1. The number of primary amides is 1. The molecule has 9 heteroatoms. The van der Waals surface area contributed by atoms with Crippen molar-refractivity contribution in [3.8, 4) is 5.75 Å². The van der Waals surface area contributed by atoms with Gasteiger partial charge in [-0.05, 0) is 49.6 Å². The SMILES string of the molecule is C=CC(=O)Cc1cc(OCC(N)=O)ccc1Nc1nc(NC2CCOCC2)ncc1C. The molecular formula is C22H27N5O4. The number of aromatic nitrogens is 2. The first-order valence-electron chi connectivity index (χ1n) is 10.1. The van der Waals surface area contributed by atoms with Crippen molar-refractivity contribution in [3.05, 3.63) is 48.2 Å². The second-order valence-electron chi connectivity index (χ2n) is 7.30. The van der Waals surface area contributed by atoms with Gasteiger partial charge in [-0.1, -0.05) is 6.58 Å². The Bertz CT molecular complexity index is 957. The maximum absolute atomic E-state index is 12.0. The molecule has 0 saturated carbocycles. The van der Waals surface area contributed by atoms with Crippen LogP contribution >= 0.6 is 0 Å². The Morgan fingerprint density at radius 1 is 1.35 bits per heavy atom. The van der Waals surface area contributed by atoms with Crippen LogP contribution in [-0.4, -0.2) is 47.5 Å². The highest BCUT2D eigenvalue weighted by Gasteiger charge is 2.16. The summed E-state index contributed by atoms with van der Waals surface area (Å²) in [4.78, 5) is 32.0. The average molecular weight is 425 g/mol. The van der Waals surface area contributed by atoms with Crippen molar-refractivity contribution >= 4 is 29.1 Å². The molecule has 0 spiro atoms. The van der Waals surface area contributed by atoms with Crippen LogP contribution in [0.4, 0.5) is 17.5 Å². The predicted molar refractivity (Wildman–Crippen MR) is 118 cm³/mol. The number of nitrogens with zero attached hydrogens (tertiary/aromatic N) is 2. The Balaban J connectivity index is 1.82. The molecule has 4 N–H and O–H groups in total. The van der Waals surface area contributed by atoms with Crippen molar-refractivity contribution < 1.29 is 19.1 Å². The minimum atomic E-state index is -0.577. The lowest BCUT2D eigenvalue weighted by Gasteiger charge is -2.23. The normalized spacial score (nSPS) is 14.0. The predicted octanol–water partition coefficient (Wildman–Crippen LogP) is 2.28. The summed E-state index contributed by atoms with van der Waals surface area (Å²) in [6, 6.07) is 5.44. The molecular weight excluding hydrogens is 398 g/mol. The number of carbonyl (C=O) groups is 2. The molecule has 1 fully saturated rings. The quantitative estimate of drug-likeness (QED) is 0.495. The number of rotatable bonds is 10. The van der Waals surface area contributed by atoms with Crippen LogP contribution in [0.3, 0.4) is 0 Å². The molecule has 0 radical (unpaired) electrons. The maximum atomic E-state index is 12.0. The third kappa shape index (κ3) is 6.51. The molecule has 3 rings (SSSR count). The third-order valence-corrected chi connectivity index (χ3v) is 4.83. The van der Waals surface area contributed by atoms with E-state index in [-0.39, 0.29) is 24.9 Å². The minimum absolute atomic E-state index is 0.122. The summed E-state index contributed by atoms with van der Waals surface area (Å²) in [5.41, 5.74) is 7.37. The van der Waals surface area contributed by atoms with Gasteiger partial charge in [-0.2, -0.15) is 4.98 Å². The molecule has 1 amide bonds. The van der Waals surface area contributed by atoms with Gasteiger partial charge in [0, 0.05) is 43.1 Å². The summed E-state index contributed by atoms with van der Waals surface area (Å²) < 4.78 is 10.8. The first-order chi connectivity index (χ1) is 14.9. The average Bonchev–Trinajstić information content (AvgIpc) is 2.76. The highest BCUT2D eigenvalue weighted by Crippen LogP contribution is 2.27. The second kappa shape index (κ2) is 10.5. The zero-order valence-electron chi connectivity index (χ0n) is 17.5. The summed E-state index contributed by atoms with van der Waals surface area (Å²) >= 11 is 0. The van der Waals surface area contributed by atoms with Crippen LogP contribution in [0, 0.1) is 6.92 Å². The van der Waals surface area contributed by atoms with Gasteiger partial charge in [-0.15, -0.1) is 0 Å². The molecule has 1 aromatic heterocycles. The highest BCUT2D eigenvalue weighted by molar-refractivity contribution is 5.92. The number of hydrogen-bond acceptors (Lipinski definition) is 8. The van der Waals surface area contributed by atoms with Gasteiger partial charge in [0.2, 0.25) is 5.95 Å². The van der Waals surface area contributed by atoms with Crippen molar-refractivity contribution in [2.75, 3.05) is 30.5 Å². The Morgan fingerprint density at radius 3 is 2.84 bits per heavy atom. The highest BCUT2D eigenvalue weighted by atomic mass is 16.5. The van der Waals surface area contributed by atoms with Gasteiger partial charge in [0.05, 0.1) is 0 Å². The number of ketones is 1. The van der Waals surface area contributed by atoms with Gasteiger partial charge >= 0.3 is 0 Å². The van der Waals surface area contributed by atoms with Gasteiger partial charge < -0.3 is 25.8 Å². The van der Waals surface area contributed by atoms with E-state index in [0.29, 0.717) is 28.8 Å². The third-order valence-electron chi connectivity index (χ3n) is 4.83. The van der Waals surface area contributed by atoms with Gasteiger partial charge in [-0.3, -0.25) is 9.59 Å². The molecule has 1 aliphatic heterocycles. The van der Waals surface area contributed by atoms with Gasteiger partial charge in [0.25, 0.3) is 5.91 Å². The molecule has 164 valence electrons. The number of carbonyl (C=O) groups excluding carboxylic acids is 2. The van der Waals surface area contributed by atoms with Crippen LogP contribution in [0.5, 0.6) is 5.75 Å². The number of amides is 1. The number of ether oxygens (including phenoxy) is 2. The summed E-state index contributed by atoms with van der Waals surface area (Å²) in [5.74, 6) is 0.883. The van der Waals surface area contributed by atoms with Crippen LogP contribution in [0.25, 0.3) is 0 Å². The van der Waals surface area contributed by atoms with Crippen LogP contribution < -0.4 is 21.1 Å². The molecule has 2 heterocycles. The lowest BCUT2D eigenvalue weighted by molar-refractivity contribution is -0.120. The van der Waals surface area contributed by atoms with E-state index in [1.165, 1.54) is 6.08 Å². The topological polar surface area (TPSA) is 128 Å². The monoisotopic (exact) mass is 425 g/mol. The molecule has 9 nitrogen and oxygen atoms in total. The molecule has 0 aliphatic carbocycles. The van der Waals surface area contributed by atoms with E-state index in [2.05, 4.69) is 27.2 Å². The Kier molecular flexibility index (Phi) is 7.55. The molecule has 0 unspecified atom stereocenters. The Morgan fingerprint density at radius 2 is 2.13 bits per heavy atom. The lowest BCUT2D eigenvalue weighted by Crippen LogP contribution is -2.28. The van der Waals surface area contributed by atoms with E-state index in [1.54, 1.807) is 24.4 Å². The van der Waals surface area contributed by atoms with Crippen LogP contribution in [0.2, 0.25) is 0 Å². The standard InChI is InChI=1S/C22H27N5O4/c1-3-17(28)10-15-11-18(31-13-20(23)29)4-5-19(15)26-21-14(2)12-24-22(27-21)25-16-6-8-30-9-7-16/h3-5,11-12,16H,1,6-10,13H2,2H3,(H2,23,29)(H2,24,25,26,27). The van der Waals surface area contributed by atoms with Crippen LogP contribution in [0.15, 0.2) is 37.1 Å². The van der Waals surface area contributed by atoms with Crippen molar-refractivity contribution in [2.24, 2.45) is 5.73 Å². The van der Waals surface area contributed by atoms with E-state index in [1.807, 2.05) is 6.92 Å². The van der Waals surface area contributed by atoms with Crippen molar-refractivity contribution in [1.29, 1.82) is 0 Å². The van der Waals surface area contributed by atoms with E-state index >= 15 is 0 Å². The number of aryl methyl sites for hydroxylation is 1. The zero-order chi connectivity index (χ0) is 22.2. The second-order valence-corrected chi connectivity index (χ2v) is 7.30. The van der Waals surface area contributed by atoms with E-state index < -0.39 is 5.91 Å². The molecule has 1 aliphatic rings. The molecule has 1 aromatic carbocycles. The Labute approximate surface area is 181 Å². The number of anilines is 3. The number of nitrogens with one attached hydrogen (secondary N) is 2. The van der Waals surface area contributed by atoms with Crippen LogP contribution in [0.1, 0.15) is 24.0 Å². The first kappa shape index (κ1) is 22.2. The maximum Gasteiger partial charge on any atom is 0.255 e. The number of hydrogen-bond donors (Lipinski definition) is 3. The molecule has 2 aromatic rings. The fraction of sp³-hybridized carbons (Fsp3) is 0.364. The molecule has 0 bridgehead atoms. The summed E-state index contributed by atoms with van der Waals surface area (Å²) in [5, 5.41) is 6.64. The minimum Gasteiger partial charge on any atom is -0.484 e. The number of nitrogens with two attached hydrogens (primary N) is 1. The molecule has 1 saturated heterocycles. The fourth-order valence-electron chi connectivity index (χ4n) is 3.13.